The highest BCUT2D eigenvalue weighted by atomic mass is 35.5. The van der Waals surface area contributed by atoms with Crippen LogP contribution >= 0.6 is 35.0 Å². The Morgan fingerprint density at radius 1 is 1.33 bits per heavy atom. The molecular weight excluding hydrogens is 351 g/mol. The second-order valence-electron chi connectivity index (χ2n) is 4.56. The molecule has 120 valence electrons. The Morgan fingerprint density at radius 3 is 2.57 bits per heavy atom. The summed E-state index contributed by atoms with van der Waals surface area (Å²) in [4.78, 5) is 0.0258. The van der Waals surface area contributed by atoms with Crippen LogP contribution in [-0.2, 0) is 16.6 Å². The van der Waals surface area contributed by atoms with Gasteiger partial charge in [-0.3, -0.25) is 0 Å². The van der Waals surface area contributed by atoms with Crippen LogP contribution < -0.4 is 10.0 Å². The van der Waals surface area contributed by atoms with Crippen molar-refractivity contribution >= 4 is 45.0 Å². The van der Waals surface area contributed by atoms with Gasteiger partial charge < -0.3 is 5.32 Å². The van der Waals surface area contributed by atoms with E-state index in [0.29, 0.717) is 23.7 Å². The Morgan fingerprint density at radius 2 is 2.00 bits per heavy atom. The molecule has 0 saturated heterocycles. The molecule has 4 nitrogen and oxygen atoms in total. The zero-order valence-corrected chi connectivity index (χ0v) is 15.4. The van der Waals surface area contributed by atoms with Crippen molar-refractivity contribution in [2.75, 3.05) is 19.3 Å². The number of thioether (sulfide) groups is 1. The minimum absolute atomic E-state index is 0.0258. The number of benzene rings is 1. The first-order chi connectivity index (χ1) is 9.81. The summed E-state index contributed by atoms with van der Waals surface area (Å²) in [6.07, 6.45) is 1.93. The van der Waals surface area contributed by atoms with Gasteiger partial charge in [0.2, 0.25) is 10.0 Å². The average molecular weight is 371 g/mol. The number of halogens is 2. The van der Waals surface area contributed by atoms with Gasteiger partial charge in [-0.25, -0.2) is 13.1 Å². The molecule has 0 aromatic heterocycles. The van der Waals surface area contributed by atoms with E-state index in [1.165, 1.54) is 6.07 Å². The number of rotatable bonds is 8. The highest BCUT2D eigenvalue weighted by molar-refractivity contribution is 7.99. The molecule has 21 heavy (non-hydrogen) atoms. The Hall–Kier alpha value is 0.0200. The minimum atomic E-state index is -3.67. The van der Waals surface area contributed by atoms with Crippen molar-refractivity contribution in [2.45, 2.75) is 30.5 Å². The summed E-state index contributed by atoms with van der Waals surface area (Å²) in [6.45, 7) is 5.48. The topological polar surface area (TPSA) is 58.2 Å². The van der Waals surface area contributed by atoms with Crippen LogP contribution in [0.5, 0.6) is 0 Å². The number of hydrogen-bond donors (Lipinski definition) is 2. The maximum Gasteiger partial charge on any atom is 0.242 e. The van der Waals surface area contributed by atoms with Crippen molar-refractivity contribution in [3.05, 3.63) is 27.7 Å². The van der Waals surface area contributed by atoms with Crippen LogP contribution in [0.2, 0.25) is 10.0 Å². The highest BCUT2D eigenvalue weighted by Gasteiger charge is 2.21. The van der Waals surface area contributed by atoms with E-state index in [4.69, 9.17) is 23.2 Å². The zero-order valence-electron chi connectivity index (χ0n) is 12.2. The molecule has 0 saturated carbocycles. The molecule has 0 aliphatic heterocycles. The molecule has 1 aromatic rings. The third-order valence-corrected chi connectivity index (χ3v) is 6.09. The lowest BCUT2D eigenvalue weighted by Gasteiger charge is -2.14. The molecule has 0 radical (unpaired) electrons. The van der Waals surface area contributed by atoms with E-state index in [-0.39, 0.29) is 15.2 Å². The lowest BCUT2D eigenvalue weighted by molar-refractivity contribution is 0.581. The highest BCUT2D eigenvalue weighted by Crippen LogP contribution is 2.29. The smallest absolute Gasteiger partial charge is 0.242 e. The molecule has 0 fully saturated rings. The summed E-state index contributed by atoms with van der Waals surface area (Å²) in [7, 11) is -3.67. The van der Waals surface area contributed by atoms with Gasteiger partial charge in [-0.1, -0.05) is 37.0 Å². The van der Waals surface area contributed by atoms with Crippen molar-refractivity contribution in [3.63, 3.8) is 0 Å². The van der Waals surface area contributed by atoms with Crippen molar-refractivity contribution < 1.29 is 8.42 Å². The molecule has 1 rings (SSSR count). The van der Waals surface area contributed by atoms with Gasteiger partial charge in [-0.2, -0.15) is 11.8 Å². The normalized spacial score (nSPS) is 13.4. The van der Waals surface area contributed by atoms with Crippen molar-refractivity contribution in [2.24, 2.45) is 0 Å². The van der Waals surface area contributed by atoms with Gasteiger partial charge in [-0.15, -0.1) is 0 Å². The Kier molecular flexibility index (Phi) is 7.81. The Labute approximate surface area is 141 Å². The first kappa shape index (κ1) is 19.1. The van der Waals surface area contributed by atoms with E-state index in [1.54, 1.807) is 17.8 Å². The molecule has 0 aliphatic rings. The van der Waals surface area contributed by atoms with Crippen molar-refractivity contribution in [3.8, 4) is 0 Å². The first-order valence-electron chi connectivity index (χ1n) is 6.53. The monoisotopic (exact) mass is 370 g/mol. The Bertz CT molecular complexity index is 580. The van der Waals surface area contributed by atoms with E-state index >= 15 is 0 Å². The summed E-state index contributed by atoms with van der Waals surface area (Å²) in [6, 6.07) is 3.06. The number of sulfonamides is 1. The fraction of sp³-hybridized carbons (Fsp3) is 0.538. The van der Waals surface area contributed by atoms with Crippen molar-refractivity contribution in [1.29, 1.82) is 0 Å². The van der Waals surface area contributed by atoms with Crippen LogP contribution in [0.1, 0.15) is 19.4 Å². The van der Waals surface area contributed by atoms with Gasteiger partial charge in [0, 0.05) is 23.4 Å². The molecule has 0 aliphatic carbocycles. The molecular formula is C13H20Cl2N2O2S2. The van der Waals surface area contributed by atoms with Gasteiger partial charge >= 0.3 is 0 Å². The zero-order chi connectivity index (χ0) is 16.0. The van der Waals surface area contributed by atoms with Crippen molar-refractivity contribution in [1.82, 2.24) is 10.0 Å². The van der Waals surface area contributed by atoms with Crippen LogP contribution in [0.3, 0.4) is 0 Å². The van der Waals surface area contributed by atoms with Gasteiger partial charge in [0.15, 0.2) is 0 Å². The SMILES string of the molecule is CCNCc1cc(Cl)cc(S(=O)(=O)NCC(C)SC)c1Cl. The third kappa shape index (κ3) is 5.62. The maximum absolute atomic E-state index is 12.4. The van der Waals surface area contributed by atoms with Gasteiger partial charge in [0.1, 0.15) is 4.90 Å². The molecule has 0 amide bonds. The fourth-order valence-electron chi connectivity index (χ4n) is 1.59. The molecule has 0 bridgehead atoms. The summed E-state index contributed by atoms with van der Waals surface area (Å²) >= 11 is 13.8. The van der Waals surface area contributed by atoms with Gasteiger partial charge in [0.05, 0.1) is 5.02 Å². The lowest BCUT2D eigenvalue weighted by Crippen LogP contribution is -2.30. The average Bonchev–Trinajstić information content (AvgIpc) is 2.45. The molecule has 8 heteroatoms. The lowest BCUT2D eigenvalue weighted by atomic mass is 10.2. The van der Waals surface area contributed by atoms with E-state index in [0.717, 1.165) is 6.54 Å². The van der Waals surface area contributed by atoms with Gasteiger partial charge in [0.25, 0.3) is 0 Å². The summed E-state index contributed by atoms with van der Waals surface area (Å²) in [5, 5.41) is 3.85. The van der Waals surface area contributed by atoms with Crippen LogP contribution in [-0.4, -0.2) is 33.0 Å². The second-order valence-corrected chi connectivity index (χ2v) is 8.38. The maximum atomic E-state index is 12.4. The van der Waals surface area contributed by atoms with Crippen LogP contribution in [0.25, 0.3) is 0 Å². The second kappa shape index (κ2) is 8.60. The van der Waals surface area contributed by atoms with Crippen LogP contribution in [0.4, 0.5) is 0 Å². The fourth-order valence-corrected chi connectivity index (χ4v) is 4.01. The van der Waals surface area contributed by atoms with E-state index in [9.17, 15) is 8.42 Å². The van der Waals surface area contributed by atoms with Crippen LogP contribution in [0.15, 0.2) is 17.0 Å². The largest absolute Gasteiger partial charge is 0.313 e. The molecule has 2 N–H and O–H groups in total. The molecule has 1 unspecified atom stereocenters. The quantitative estimate of drug-likeness (QED) is 0.737. The third-order valence-electron chi connectivity index (χ3n) is 2.90. The molecule has 1 atom stereocenters. The summed E-state index contributed by atoms with van der Waals surface area (Å²) in [5.74, 6) is 0. The first-order valence-corrected chi connectivity index (χ1v) is 10.1. The Balaban J connectivity index is 3.08. The van der Waals surface area contributed by atoms with Crippen LogP contribution in [0, 0.1) is 0 Å². The molecule has 0 spiro atoms. The number of hydrogen-bond acceptors (Lipinski definition) is 4. The van der Waals surface area contributed by atoms with E-state index < -0.39 is 10.0 Å². The summed E-state index contributed by atoms with van der Waals surface area (Å²) < 4.78 is 27.3. The van der Waals surface area contributed by atoms with E-state index in [1.807, 2.05) is 20.1 Å². The molecule has 1 aromatic carbocycles. The predicted molar refractivity (Wildman–Crippen MR) is 92.0 cm³/mol. The standard InChI is InChI=1S/C13H20Cl2N2O2S2/c1-4-16-8-10-5-11(14)6-12(13(10)15)21(18,19)17-7-9(2)20-3/h5-6,9,16-17H,4,7-8H2,1-3H3. The van der Waals surface area contributed by atoms with E-state index in [2.05, 4.69) is 10.0 Å². The number of nitrogens with one attached hydrogen (secondary N) is 2. The molecule has 0 heterocycles. The van der Waals surface area contributed by atoms with Gasteiger partial charge in [-0.05, 0) is 30.5 Å². The minimum Gasteiger partial charge on any atom is -0.313 e. The summed E-state index contributed by atoms with van der Waals surface area (Å²) in [5.41, 5.74) is 0.671. The predicted octanol–water partition coefficient (Wildman–Crippen LogP) is 3.13.